The third kappa shape index (κ3) is 78.8. The quantitative estimate of drug-likeness (QED) is 0.0146. The van der Waals surface area contributed by atoms with Crippen molar-refractivity contribution in [1.29, 1.82) is 0 Å². The Balaban J connectivity index is 4.51. The number of unbranched alkanes of at least 4 members (excludes halogenated alkanes) is 34. The van der Waals surface area contributed by atoms with Gasteiger partial charge >= 0.3 is 33.6 Å². The maximum absolute atomic E-state index is 13.0. The number of aliphatic hydroxyl groups excluding tert-OH is 2. The number of esters is 3. The van der Waals surface area contributed by atoms with E-state index in [1.807, 2.05) is 0 Å². The molecule has 0 spiro atoms. The monoisotopic (exact) mass is 1490 g/mol. The van der Waals surface area contributed by atoms with E-state index in [1.54, 1.807) is 0 Å². The van der Waals surface area contributed by atoms with Gasteiger partial charge in [0.05, 0.1) is 26.4 Å². The molecule has 594 valence electrons. The molecule has 0 rings (SSSR count). The summed E-state index contributed by atoms with van der Waals surface area (Å²) < 4.78 is 61.1. The first-order valence-corrected chi connectivity index (χ1v) is 43.8. The predicted molar refractivity (Wildman–Crippen MR) is 427 cm³/mol. The number of aliphatic hydroxyl groups is 2. The van der Waals surface area contributed by atoms with Crippen LogP contribution in [0.4, 0.5) is 0 Å². The van der Waals surface area contributed by atoms with Gasteiger partial charge in [0.2, 0.25) is 0 Å². The van der Waals surface area contributed by atoms with Crippen LogP contribution in [0.1, 0.15) is 342 Å². The summed E-state index contributed by atoms with van der Waals surface area (Å²) in [6.45, 7) is 2.58. The Morgan fingerprint density at radius 3 is 0.767 bits per heavy atom. The van der Waals surface area contributed by atoms with Crippen molar-refractivity contribution < 1.29 is 75.8 Å². The summed E-state index contributed by atoms with van der Waals surface area (Å²) >= 11 is 0. The van der Waals surface area contributed by atoms with Crippen LogP contribution in [0.5, 0.6) is 0 Å². The Labute approximate surface area is 627 Å². The van der Waals surface area contributed by atoms with Gasteiger partial charge in [-0.05, 0) is 141 Å². The molecule has 0 saturated carbocycles. The molecule has 0 bridgehead atoms. The second-order valence-electron chi connectivity index (χ2n) is 27.2. The summed E-state index contributed by atoms with van der Waals surface area (Å²) in [5.41, 5.74) is 0. The van der Waals surface area contributed by atoms with E-state index >= 15 is 0 Å². The van der Waals surface area contributed by atoms with Gasteiger partial charge in [-0.3, -0.25) is 32.5 Å². The topological polar surface area (TPSA) is 231 Å². The van der Waals surface area contributed by atoms with Crippen LogP contribution in [0, 0.1) is 0 Å². The van der Waals surface area contributed by atoms with Crippen LogP contribution in [0.2, 0.25) is 0 Å². The molecule has 18 heteroatoms. The molecule has 103 heavy (non-hydrogen) atoms. The van der Waals surface area contributed by atoms with Crippen molar-refractivity contribution in [3.05, 3.63) is 122 Å². The SMILES string of the molecule is CCCCC/C=C\C/C=C\C/C=C\C/C=C\CCCCCCCCCCCCCCCCCC(=O)OCC(O)COP(=O)(O)OCC(O)COP(=O)(O)OCC(COC(=O)CCCCCCC/C=C\C/C=C\C/C=C\C/C=C\CCCCC)OC(=O)CCCCCCC/C=C\C/C=C\CCCCC. The van der Waals surface area contributed by atoms with Gasteiger partial charge in [-0.1, -0.05) is 303 Å². The number of hydrogen-bond donors (Lipinski definition) is 4. The normalized spacial score (nSPS) is 14.6. The highest BCUT2D eigenvalue weighted by molar-refractivity contribution is 7.47. The Kier molecular flexibility index (Phi) is 74.5. The number of allylic oxidation sites excluding steroid dienone is 20. The molecule has 0 aromatic heterocycles. The maximum Gasteiger partial charge on any atom is 0.472 e. The molecule has 0 aromatic rings. The Hall–Kier alpha value is -4.05. The van der Waals surface area contributed by atoms with Crippen LogP contribution in [0.15, 0.2) is 122 Å². The zero-order chi connectivity index (χ0) is 75.2. The van der Waals surface area contributed by atoms with E-state index in [1.165, 1.54) is 148 Å². The fourth-order valence-electron chi connectivity index (χ4n) is 10.9. The summed E-state index contributed by atoms with van der Waals surface area (Å²) in [5.74, 6) is -1.61. The Morgan fingerprint density at radius 1 is 0.272 bits per heavy atom. The average molecular weight is 1490 g/mol. The number of ether oxygens (including phenoxy) is 3. The number of hydrogen-bond acceptors (Lipinski definition) is 14. The minimum atomic E-state index is -4.94. The van der Waals surface area contributed by atoms with Crippen LogP contribution in [-0.4, -0.2) is 95.9 Å². The first-order chi connectivity index (χ1) is 50.2. The van der Waals surface area contributed by atoms with E-state index < -0.39 is 91.5 Å². The van der Waals surface area contributed by atoms with Crippen LogP contribution in [-0.2, 0) is 55.8 Å². The highest BCUT2D eigenvalue weighted by atomic mass is 31.2. The second-order valence-corrected chi connectivity index (χ2v) is 30.1. The van der Waals surface area contributed by atoms with Crippen molar-refractivity contribution in [2.45, 2.75) is 360 Å². The maximum atomic E-state index is 13.0. The summed E-state index contributed by atoms with van der Waals surface area (Å²) in [6.07, 6.45) is 92.5. The van der Waals surface area contributed by atoms with Gasteiger partial charge in [-0.15, -0.1) is 0 Å². The van der Waals surface area contributed by atoms with E-state index in [0.717, 1.165) is 135 Å². The number of phosphoric acid groups is 2. The Morgan fingerprint density at radius 2 is 0.485 bits per heavy atom. The Bertz CT molecular complexity index is 2360. The summed E-state index contributed by atoms with van der Waals surface area (Å²) in [7, 11) is -9.80. The van der Waals surface area contributed by atoms with E-state index in [0.29, 0.717) is 19.3 Å². The van der Waals surface area contributed by atoms with Crippen LogP contribution in [0.3, 0.4) is 0 Å². The van der Waals surface area contributed by atoms with Gasteiger partial charge < -0.3 is 34.2 Å². The molecule has 5 atom stereocenters. The number of phosphoric ester groups is 2. The van der Waals surface area contributed by atoms with Crippen molar-refractivity contribution in [2.24, 2.45) is 0 Å². The first kappa shape index (κ1) is 98.9. The second kappa shape index (κ2) is 77.6. The smallest absolute Gasteiger partial charge is 0.463 e. The van der Waals surface area contributed by atoms with Gasteiger partial charge in [0.25, 0.3) is 0 Å². The van der Waals surface area contributed by atoms with Crippen molar-refractivity contribution in [3.8, 4) is 0 Å². The lowest BCUT2D eigenvalue weighted by molar-refractivity contribution is -0.161. The zero-order valence-corrected chi connectivity index (χ0v) is 66.7. The highest BCUT2D eigenvalue weighted by Crippen LogP contribution is 2.45. The lowest BCUT2D eigenvalue weighted by Crippen LogP contribution is -2.30. The molecule has 0 heterocycles. The molecule has 0 aliphatic rings. The van der Waals surface area contributed by atoms with Gasteiger partial charge in [0.1, 0.15) is 25.4 Å². The molecule has 16 nitrogen and oxygen atoms in total. The number of carbonyl (C=O) groups is 3. The molecule has 0 aliphatic carbocycles. The molecule has 0 amide bonds. The summed E-state index contributed by atoms with van der Waals surface area (Å²) in [5, 5.41) is 20.6. The van der Waals surface area contributed by atoms with Crippen molar-refractivity contribution in [1.82, 2.24) is 0 Å². The van der Waals surface area contributed by atoms with Crippen LogP contribution < -0.4 is 0 Å². The molecule has 0 fully saturated rings. The lowest BCUT2D eigenvalue weighted by atomic mass is 10.0. The minimum absolute atomic E-state index is 0.0825. The molecule has 5 unspecified atom stereocenters. The number of carbonyl (C=O) groups excluding carboxylic acids is 3. The number of rotatable bonds is 77. The van der Waals surface area contributed by atoms with Gasteiger partial charge in [0, 0.05) is 19.3 Å². The molecule has 4 N–H and O–H groups in total. The van der Waals surface area contributed by atoms with Crippen molar-refractivity contribution >= 4 is 33.6 Å². The molecule has 0 saturated heterocycles. The summed E-state index contributed by atoms with van der Waals surface area (Å²) in [6, 6.07) is 0. The van der Waals surface area contributed by atoms with E-state index in [-0.39, 0.29) is 19.3 Å². The van der Waals surface area contributed by atoms with E-state index in [2.05, 4.69) is 142 Å². The molecular weight excluding hydrogens is 1340 g/mol. The van der Waals surface area contributed by atoms with Gasteiger partial charge in [-0.25, -0.2) is 9.13 Å². The van der Waals surface area contributed by atoms with Crippen molar-refractivity contribution in [3.63, 3.8) is 0 Å². The third-order valence-corrected chi connectivity index (χ3v) is 19.0. The first-order valence-electron chi connectivity index (χ1n) is 40.8. The summed E-state index contributed by atoms with van der Waals surface area (Å²) in [4.78, 5) is 58.7. The molecule has 0 aromatic carbocycles. The van der Waals surface area contributed by atoms with E-state index in [4.69, 9.17) is 32.3 Å². The fraction of sp³-hybridized carbons (Fsp3) is 0.729. The standard InChI is InChI=1S/C85H148O16P2/c1-4-7-10-13-16-19-22-25-28-30-32-34-35-36-37-38-39-40-41-42-43-45-47-48-51-53-56-59-62-65-68-71-83(88)95-74-80(86)75-97-102(91,92)98-76-81(87)77-99-103(93,94)100-79-82(101-85(90)73-70-67-64-61-58-55-50-27-24-21-18-15-12-9-6-3)78-96-84(89)72-69-66-63-60-57-54-52-49-46-44-33-31-29-26-23-20-17-14-11-8-5-2/h16-21,25-29,32-34,36-37,44,49-50,52,80-82,86-87H,4-15,22-24,30-31,35,38-43,45-48,51,53-79H2,1-3H3,(H,91,92)(H,93,94)/b19-16-,20-17-,21-18-,28-25-,29-26-,34-32-,37-36-,44-33-,50-27-,52-49-. The predicted octanol–water partition coefficient (Wildman–Crippen LogP) is 24.1. The average Bonchev–Trinajstić information content (AvgIpc) is 0.922. The largest absolute Gasteiger partial charge is 0.472 e. The zero-order valence-electron chi connectivity index (χ0n) is 65.0. The van der Waals surface area contributed by atoms with Gasteiger partial charge in [0.15, 0.2) is 6.10 Å². The fourth-order valence-corrected chi connectivity index (χ4v) is 12.4. The minimum Gasteiger partial charge on any atom is -0.463 e. The van der Waals surface area contributed by atoms with Crippen LogP contribution in [0.25, 0.3) is 0 Å². The van der Waals surface area contributed by atoms with Crippen LogP contribution >= 0.6 is 15.6 Å². The molecule has 0 aliphatic heterocycles. The third-order valence-electron chi connectivity index (χ3n) is 17.1. The molecular formula is C85H148O16P2. The van der Waals surface area contributed by atoms with E-state index in [9.17, 15) is 43.5 Å². The van der Waals surface area contributed by atoms with Crippen molar-refractivity contribution in [2.75, 3.05) is 39.6 Å². The lowest BCUT2D eigenvalue weighted by Gasteiger charge is -2.21. The highest BCUT2D eigenvalue weighted by Gasteiger charge is 2.29. The van der Waals surface area contributed by atoms with Gasteiger partial charge in [-0.2, -0.15) is 0 Å². The molecule has 0 radical (unpaired) electrons.